The number of ether oxygens (including phenoxy) is 2. The number of nitrogens with zero attached hydrogens (tertiary/aromatic N) is 1. The van der Waals surface area contributed by atoms with Crippen molar-refractivity contribution >= 4 is 11.8 Å². The van der Waals surface area contributed by atoms with Crippen molar-refractivity contribution in [2.24, 2.45) is 0 Å². The Hall–Kier alpha value is -2.08. The van der Waals surface area contributed by atoms with Crippen molar-refractivity contribution in [2.75, 3.05) is 27.3 Å². The van der Waals surface area contributed by atoms with E-state index >= 15 is 0 Å². The Balaban J connectivity index is 2.18. The van der Waals surface area contributed by atoms with Crippen LogP contribution >= 0.6 is 0 Å². The number of amides is 2. The number of imide groups is 1. The van der Waals surface area contributed by atoms with E-state index in [0.29, 0.717) is 11.5 Å². The number of hydrogen-bond acceptors (Lipinski definition) is 5. The van der Waals surface area contributed by atoms with E-state index in [2.05, 4.69) is 5.32 Å². The fourth-order valence-electron chi connectivity index (χ4n) is 1.94. The predicted molar refractivity (Wildman–Crippen MR) is 68.0 cm³/mol. The molecule has 0 unspecified atom stereocenters. The Kier molecular flexibility index (Phi) is 4.01. The summed E-state index contributed by atoms with van der Waals surface area (Å²) >= 11 is 0. The first-order valence-electron chi connectivity index (χ1n) is 5.90. The largest absolute Gasteiger partial charge is 0.493 e. The average Bonchev–Trinajstić information content (AvgIpc) is 2.42. The van der Waals surface area contributed by atoms with E-state index in [1.165, 1.54) is 4.90 Å². The van der Waals surface area contributed by atoms with Crippen LogP contribution in [0.15, 0.2) is 18.2 Å². The van der Waals surface area contributed by atoms with Gasteiger partial charge in [-0.2, -0.15) is 0 Å². The van der Waals surface area contributed by atoms with E-state index in [0.717, 1.165) is 5.56 Å². The lowest BCUT2D eigenvalue weighted by Gasteiger charge is -2.25. The third-order valence-electron chi connectivity index (χ3n) is 2.94. The first-order chi connectivity index (χ1) is 9.15. The van der Waals surface area contributed by atoms with E-state index in [-0.39, 0.29) is 31.4 Å². The molecular formula is C13H16N2O4. The molecule has 0 spiro atoms. The molecule has 19 heavy (non-hydrogen) atoms. The molecule has 0 saturated carbocycles. The van der Waals surface area contributed by atoms with Crippen LogP contribution in [-0.2, 0) is 16.1 Å². The number of carbonyl (C=O) groups is 2. The van der Waals surface area contributed by atoms with Crippen molar-refractivity contribution in [3.63, 3.8) is 0 Å². The van der Waals surface area contributed by atoms with Gasteiger partial charge >= 0.3 is 0 Å². The summed E-state index contributed by atoms with van der Waals surface area (Å²) in [6, 6.07) is 5.33. The fourth-order valence-corrected chi connectivity index (χ4v) is 1.94. The molecule has 1 fully saturated rings. The molecule has 2 amide bonds. The van der Waals surface area contributed by atoms with Crippen molar-refractivity contribution in [3.05, 3.63) is 23.8 Å². The molecular weight excluding hydrogens is 248 g/mol. The molecule has 2 rings (SSSR count). The molecule has 0 aromatic heterocycles. The Morgan fingerprint density at radius 2 is 1.74 bits per heavy atom. The van der Waals surface area contributed by atoms with E-state index in [1.807, 2.05) is 6.07 Å². The molecule has 1 N–H and O–H groups in total. The van der Waals surface area contributed by atoms with Crippen LogP contribution in [0.5, 0.6) is 11.5 Å². The smallest absolute Gasteiger partial charge is 0.243 e. The van der Waals surface area contributed by atoms with Gasteiger partial charge in [-0.05, 0) is 17.7 Å². The average molecular weight is 264 g/mol. The first-order valence-corrected chi connectivity index (χ1v) is 5.90. The highest BCUT2D eigenvalue weighted by Crippen LogP contribution is 2.28. The summed E-state index contributed by atoms with van der Waals surface area (Å²) in [5, 5.41) is 2.76. The first kappa shape index (κ1) is 13.4. The lowest BCUT2D eigenvalue weighted by atomic mass is 10.1. The van der Waals surface area contributed by atoms with Crippen LogP contribution in [0.3, 0.4) is 0 Å². The normalized spacial score (nSPS) is 15.6. The molecule has 6 heteroatoms. The van der Waals surface area contributed by atoms with Crippen LogP contribution in [0, 0.1) is 0 Å². The van der Waals surface area contributed by atoms with Gasteiger partial charge < -0.3 is 9.47 Å². The van der Waals surface area contributed by atoms with Gasteiger partial charge in [0.05, 0.1) is 33.9 Å². The van der Waals surface area contributed by atoms with Gasteiger partial charge in [0.1, 0.15) is 0 Å². The van der Waals surface area contributed by atoms with Gasteiger partial charge in [-0.15, -0.1) is 0 Å². The van der Waals surface area contributed by atoms with Crippen LogP contribution in [-0.4, -0.2) is 44.0 Å². The second-order valence-electron chi connectivity index (χ2n) is 4.17. The summed E-state index contributed by atoms with van der Waals surface area (Å²) < 4.78 is 10.3. The van der Waals surface area contributed by atoms with Gasteiger partial charge in [0.25, 0.3) is 0 Å². The zero-order chi connectivity index (χ0) is 13.8. The third kappa shape index (κ3) is 2.85. The Bertz CT molecular complexity index is 485. The van der Waals surface area contributed by atoms with Crippen LogP contribution in [0.25, 0.3) is 0 Å². The van der Waals surface area contributed by atoms with Gasteiger partial charge in [0, 0.05) is 0 Å². The Morgan fingerprint density at radius 3 is 2.32 bits per heavy atom. The van der Waals surface area contributed by atoms with E-state index in [1.54, 1.807) is 26.4 Å². The summed E-state index contributed by atoms with van der Waals surface area (Å²) in [7, 11) is 3.10. The quantitative estimate of drug-likeness (QED) is 0.785. The summed E-state index contributed by atoms with van der Waals surface area (Å²) in [6.45, 7) is 0.637. The van der Waals surface area contributed by atoms with Crippen molar-refractivity contribution in [2.45, 2.75) is 6.54 Å². The van der Waals surface area contributed by atoms with E-state index in [4.69, 9.17) is 9.47 Å². The highest BCUT2D eigenvalue weighted by Gasteiger charge is 2.25. The fraction of sp³-hybridized carbons (Fsp3) is 0.385. The van der Waals surface area contributed by atoms with E-state index < -0.39 is 0 Å². The van der Waals surface area contributed by atoms with Crippen molar-refractivity contribution in [1.82, 2.24) is 10.2 Å². The summed E-state index contributed by atoms with van der Waals surface area (Å²) in [6.07, 6.45) is 0. The minimum absolute atomic E-state index is 0.193. The van der Waals surface area contributed by atoms with Gasteiger partial charge in [-0.25, -0.2) is 0 Å². The number of carbonyl (C=O) groups excluding carboxylic acids is 2. The topological polar surface area (TPSA) is 67.9 Å². The highest BCUT2D eigenvalue weighted by atomic mass is 16.5. The zero-order valence-electron chi connectivity index (χ0n) is 10.9. The summed E-state index contributed by atoms with van der Waals surface area (Å²) in [5.74, 6) is 0.760. The Morgan fingerprint density at radius 1 is 1.11 bits per heavy atom. The molecule has 0 atom stereocenters. The van der Waals surface area contributed by atoms with Crippen LogP contribution in [0.2, 0.25) is 0 Å². The second-order valence-corrected chi connectivity index (χ2v) is 4.17. The maximum absolute atomic E-state index is 11.7. The maximum atomic E-state index is 11.7. The molecule has 1 aromatic rings. The monoisotopic (exact) mass is 264 g/mol. The minimum atomic E-state index is -0.217. The standard InChI is InChI=1S/C13H16N2O4/c1-18-10-4-3-9(5-11(10)19-2)8-15-12(16)6-14-7-13(15)17/h3-5,14H,6-8H2,1-2H3. The van der Waals surface area contributed by atoms with Gasteiger partial charge in [-0.3, -0.25) is 19.8 Å². The van der Waals surface area contributed by atoms with Crippen LogP contribution < -0.4 is 14.8 Å². The number of nitrogens with one attached hydrogen (secondary N) is 1. The molecule has 1 aliphatic rings. The predicted octanol–water partition coefficient (Wildman–Crippen LogP) is 0.162. The molecule has 102 valence electrons. The zero-order valence-corrected chi connectivity index (χ0v) is 10.9. The molecule has 0 aliphatic carbocycles. The molecule has 0 bridgehead atoms. The number of piperazine rings is 1. The van der Waals surface area contributed by atoms with E-state index in [9.17, 15) is 9.59 Å². The molecule has 1 aromatic carbocycles. The molecule has 1 saturated heterocycles. The SMILES string of the molecule is COc1ccc(CN2C(=O)CNCC2=O)cc1OC. The minimum Gasteiger partial charge on any atom is -0.493 e. The lowest BCUT2D eigenvalue weighted by molar-refractivity contribution is -0.147. The number of hydrogen-bond donors (Lipinski definition) is 1. The number of rotatable bonds is 4. The van der Waals surface area contributed by atoms with Gasteiger partial charge in [0.2, 0.25) is 11.8 Å². The van der Waals surface area contributed by atoms with Crippen molar-refractivity contribution < 1.29 is 19.1 Å². The number of methoxy groups -OCH3 is 2. The number of benzene rings is 1. The van der Waals surface area contributed by atoms with Crippen molar-refractivity contribution in [3.8, 4) is 11.5 Å². The molecule has 0 radical (unpaired) electrons. The van der Waals surface area contributed by atoms with Crippen LogP contribution in [0.1, 0.15) is 5.56 Å². The molecule has 1 heterocycles. The molecule has 1 aliphatic heterocycles. The summed E-state index contributed by atoms with van der Waals surface area (Å²) in [4.78, 5) is 24.6. The van der Waals surface area contributed by atoms with Gasteiger partial charge in [0.15, 0.2) is 11.5 Å². The highest BCUT2D eigenvalue weighted by molar-refractivity contribution is 5.99. The summed E-state index contributed by atoms with van der Waals surface area (Å²) in [5.41, 5.74) is 0.821. The lowest BCUT2D eigenvalue weighted by Crippen LogP contribution is -2.51. The third-order valence-corrected chi connectivity index (χ3v) is 2.94. The van der Waals surface area contributed by atoms with Crippen molar-refractivity contribution in [1.29, 1.82) is 0 Å². The Labute approximate surface area is 111 Å². The second kappa shape index (κ2) is 5.71. The van der Waals surface area contributed by atoms with Gasteiger partial charge in [-0.1, -0.05) is 6.07 Å². The molecule has 6 nitrogen and oxygen atoms in total. The maximum Gasteiger partial charge on any atom is 0.243 e. The van der Waals surface area contributed by atoms with Crippen LogP contribution in [0.4, 0.5) is 0 Å².